The molecule has 3 rings (SSSR count). The molecular weight excluding hydrogens is 378 g/mol. The Hall–Kier alpha value is -2.19. The summed E-state index contributed by atoms with van der Waals surface area (Å²) in [6.45, 7) is 4.01. The fourth-order valence-corrected chi connectivity index (χ4v) is 3.35. The van der Waals surface area contributed by atoms with E-state index in [9.17, 15) is 4.79 Å². The summed E-state index contributed by atoms with van der Waals surface area (Å²) in [7, 11) is 0. The molecule has 0 aliphatic heterocycles. The van der Waals surface area contributed by atoms with E-state index in [-0.39, 0.29) is 5.91 Å². The van der Waals surface area contributed by atoms with E-state index in [0.717, 1.165) is 26.6 Å². The summed E-state index contributed by atoms with van der Waals surface area (Å²) < 4.78 is 2.88. The van der Waals surface area contributed by atoms with Crippen LogP contribution in [0.4, 0.5) is 0 Å². The number of thiazole rings is 1. The fraction of sp³-hybridized carbons (Fsp3) is 0.133. The van der Waals surface area contributed by atoms with Crippen LogP contribution in [0.15, 0.2) is 39.5 Å². The number of halogens is 1. The van der Waals surface area contributed by atoms with E-state index >= 15 is 0 Å². The Bertz CT molecular complexity index is 863. The number of aromatic amines is 1. The number of hydrazone groups is 1. The summed E-state index contributed by atoms with van der Waals surface area (Å²) >= 11 is 4.86. The molecule has 0 aliphatic rings. The molecule has 2 N–H and O–H groups in total. The van der Waals surface area contributed by atoms with Gasteiger partial charge in [-0.05, 0) is 41.9 Å². The number of hydrogen-bond donors (Lipinski definition) is 2. The minimum absolute atomic E-state index is 0.291. The smallest absolute Gasteiger partial charge is 0.287 e. The zero-order valence-corrected chi connectivity index (χ0v) is 14.9. The lowest BCUT2D eigenvalue weighted by Gasteiger charge is -2.04. The second-order valence-corrected chi connectivity index (χ2v) is 6.70. The summed E-state index contributed by atoms with van der Waals surface area (Å²) in [5.74, 6) is -0.291. The number of carbonyl (C=O) groups excluding carboxylic acids is 1. The van der Waals surface area contributed by atoms with Crippen LogP contribution in [0.1, 0.15) is 27.4 Å². The van der Waals surface area contributed by atoms with E-state index in [1.807, 2.05) is 25.3 Å². The summed E-state index contributed by atoms with van der Waals surface area (Å²) in [6, 6.07) is 3.71. The van der Waals surface area contributed by atoms with Crippen molar-refractivity contribution in [3.05, 3.63) is 57.0 Å². The summed E-state index contributed by atoms with van der Waals surface area (Å²) in [5.41, 5.74) is 5.98. The van der Waals surface area contributed by atoms with E-state index in [4.69, 9.17) is 0 Å². The molecule has 8 heteroatoms. The average Bonchev–Trinajstić information content (AvgIpc) is 3.22. The van der Waals surface area contributed by atoms with Gasteiger partial charge < -0.3 is 4.98 Å². The largest absolute Gasteiger partial charge is 0.356 e. The zero-order chi connectivity index (χ0) is 16.4. The maximum atomic E-state index is 11.9. The van der Waals surface area contributed by atoms with E-state index in [1.54, 1.807) is 36.0 Å². The van der Waals surface area contributed by atoms with Crippen LogP contribution in [0.5, 0.6) is 0 Å². The number of aryl methyl sites for hydroxylation is 1. The van der Waals surface area contributed by atoms with Crippen LogP contribution in [0.3, 0.4) is 0 Å². The standard InChI is InChI=1S/C15H14BrN5OS/c1-9-5-11(10(2)21(9)15-17-3-4-23-15)7-19-20-14(22)13-6-12(16)8-18-13/h3-8,18H,1-2H3,(H,20,22)/b19-7-. The minimum Gasteiger partial charge on any atom is -0.356 e. The summed E-state index contributed by atoms with van der Waals surface area (Å²) in [6.07, 6.45) is 5.12. The first-order valence-electron chi connectivity index (χ1n) is 6.82. The molecule has 0 aromatic carbocycles. The number of carbonyl (C=O) groups is 1. The first kappa shape index (κ1) is 15.7. The Kier molecular flexibility index (Phi) is 4.44. The molecule has 0 saturated heterocycles. The highest BCUT2D eigenvalue weighted by molar-refractivity contribution is 9.10. The van der Waals surface area contributed by atoms with Gasteiger partial charge in [-0.25, -0.2) is 10.4 Å². The van der Waals surface area contributed by atoms with E-state index in [2.05, 4.69) is 41.0 Å². The van der Waals surface area contributed by atoms with Gasteiger partial charge in [0.15, 0.2) is 5.13 Å². The van der Waals surface area contributed by atoms with Crippen molar-refractivity contribution in [3.63, 3.8) is 0 Å². The monoisotopic (exact) mass is 391 g/mol. The van der Waals surface area contributed by atoms with E-state index in [1.165, 1.54) is 0 Å². The number of amides is 1. The number of aromatic nitrogens is 3. The van der Waals surface area contributed by atoms with Crippen molar-refractivity contribution in [2.24, 2.45) is 5.10 Å². The van der Waals surface area contributed by atoms with Crippen LogP contribution in [0.2, 0.25) is 0 Å². The maximum Gasteiger partial charge on any atom is 0.287 e. The molecule has 118 valence electrons. The van der Waals surface area contributed by atoms with Crippen molar-refractivity contribution >= 4 is 39.4 Å². The SMILES string of the molecule is Cc1cc(/C=N\NC(=O)c2cc(Br)c[nH]2)c(C)n1-c1nccs1. The fourth-order valence-electron chi connectivity index (χ4n) is 2.26. The van der Waals surface area contributed by atoms with Crippen LogP contribution in [-0.4, -0.2) is 26.7 Å². The van der Waals surface area contributed by atoms with Crippen LogP contribution in [-0.2, 0) is 0 Å². The molecule has 0 radical (unpaired) electrons. The predicted octanol–water partition coefficient (Wildman–Crippen LogP) is 3.41. The lowest BCUT2D eigenvalue weighted by molar-refractivity contribution is 0.0951. The van der Waals surface area contributed by atoms with Gasteiger partial charge in [-0.2, -0.15) is 5.10 Å². The lowest BCUT2D eigenvalue weighted by atomic mass is 10.3. The van der Waals surface area contributed by atoms with Crippen molar-refractivity contribution in [2.75, 3.05) is 0 Å². The molecule has 0 bridgehead atoms. The highest BCUT2D eigenvalue weighted by Gasteiger charge is 2.11. The van der Waals surface area contributed by atoms with Crippen molar-refractivity contribution in [2.45, 2.75) is 13.8 Å². The average molecular weight is 392 g/mol. The quantitative estimate of drug-likeness (QED) is 0.528. The number of hydrogen-bond acceptors (Lipinski definition) is 4. The Labute approximate surface area is 145 Å². The van der Waals surface area contributed by atoms with Crippen molar-refractivity contribution < 1.29 is 4.79 Å². The second-order valence-electron chi connectivity index (χ2n) is 4.91. The topological polar surface area (TPSA) is 75.1 Å². The molecule has 1 amide bonds. The van der Waals surface area contributed by atoms with Crippen LogP contribution < -0.4 is 5.43 Å². The van der Waals surface area contributed by atoms with Crippen LogP contribution in [0.25, 0.3) is 5.13 Å². The lowest BCUT2D eigenvalue weighted by Crippen LogP contribution is -2.17. The van der Waals surface area contributed by atoms with Gasteiger partial charge in [0.25, 0.3) is 5.91 Å². The van der Waals surface area contributed by atoms with Gasteiger partial charge in [-0.3, -0.25) is 9.36 Å². The van der Waals surface area contributed by atoms with E-state index in [0.29, 0.717) is 5.69 Å². The molecule has 0 spiro atoms. The first-order valence-corrected chi connectivity index (χ1v) is 8.49. The number of nitrogens with one attached hydrogen (secondary N) is 2. The van der Waals surface area contributed by atoms with Gasteiger partial charge in [0.1, 0.15) is 5.69 Å². The Balaban J connectivity index is 1.76. The molecule has 6 nitrogen and oxygen atoms in total. The Morgan fingerprint density at radius 2 is 2.30 bits per heavy atom. The highest BCUT2D eigenvalue weighted by Crippen LogP contribution is 2.21. The molecule has 0 saturated carbocycles. The Morgan fingerprint density at radius 3 is 2.96 bits per heavy atom. The van der Waals surface area contributed by atoms with Gasteiger partial charge in [-0.1, -0.05) is 0 Å². The van der Waals surface area contributed by atoms with Gasteiger partial charge in [0.05, 0.1) is 6.21 Å². The summed E-state index contributed by atoms with van der Waals surface area (Å²) in [4.78, 5) is 19.1. The maximum absolute atomic E-state index is 11.9. The third-order valence-corrected chi connectivity index (χ3v) is 4.56. The first-order chi connectivity index (χ1) is 11.1. The Morgan fingerprint density at radius 1 is 1.48 bits per heavy atom. The van der Waals surface area contributed by atoms with Gasteiger partial charge >= 0.3 is 0 Å². The van der Waals surface area contributed by atoms with Gasteiger partial charge in [0.2, 0.25) is 0 Å². The van der Waals surface area contributed by atoms with Gasteiger partial charge in [-0.15, -0.1) is 11.3 Å². The van der Waals surface area contributed by atoms with E-state index < -0.39 is 0 Å². The molecule has 3 aromatic heterocycles. The van der Waals surface area contributed by atoms with Crippen molar-refractivity contribution in [1.82, 2.24) is 20.0 Å². The molecule has 0 aliphatic carbocycles. The number of nitrogens with zero attached hydrogens (tertiary/aromatic N) is 3. The molecule has 3 aromatic rings. The molecule has 23 heavy (non-hydrogen) atoms. The molecule has 0 atom stereocenters. The molecule has 3 heterocycles. The molecule has 0 unspecified atom stereocenters. The predicted molar refractivity (Wildman–Crippen MR) is 94.5 cm³/mol. The van der Waals surface area contributed by atoms with Crippen molar-refractivity contribution in [3.8, 4) is 5.13 Å². The number of H-pyrrole nitrogens is 1. The molecule has 0 fully saturated rings. The second kappa shape index (κ2) is 6.51. The highest BCUT2D eigenvalue weighted by atomic mass is 79.9. The normalized spacial score (nSPS) is 11.3. The van der Waals surface area contributed by atoms with Crippen molar-refractivity contribution in [1.29, 1.82) is 0 Å². The minimum atomic E-state index is -0.291. The van der Waals surface area contributed by atoms with Gasteiger partial charge in [0, 0.05) is 39.2 Å². The third-order valence-electron chi connectivity index (χ3n) is 3.34. The third kappa shape index (κ3) is 3.27. The summed E-state index contributed by atoms with van der Waals surface area (Å²) in [5, 5.41) is 6.89. The van der Waals surface area contributed by atoms with Crippen LogP contribution in [0, 0.1) is 13.8 Å². The number of rotatable bonds is 4. The zero-order valence-electron chi connectivity index (χ0n) is 12.5. The van der Waals surface area contributed by atoms with Crippen LogP contribution >= 0.6 is 27.3 Å². The molecular formula is C15H14BrN5OS.